The Morgan fingerprint density at radius 2 is 1.67 bits per heavy atom. The Hall–Kier alpha value is -0.0831. The lowest BCUT2D eigenvalue weighted by Crippen LogP contribution is -2.39. The molecule has 90 valence electrons. The van der Waals surface area contributed by atoms with Gasteiger partial charge in [0.25, 0.3) is 0 Å². The SMILES string of the molecule is C=CC[C@H](CCC)O[Si](CC)(CC)CC. The summed E-state index contributed by atoms with van der Waals surface area (Å²) >= 11 is 0. The molecule has 0 radical (unpaired) electrons. The Labute approximate surface area is 97.0 Å². The van der Waals surface area contributed by atoms with Crippen molar-refractivity contribution in [2.45, 2.75) is 71.2 Å². The van der Waals surface area contributed by atoms with Crippen molar-refractivity contribution < 1.29 is 4.43 Å². The molecule has 0 aromatic carbocycles. The Kier molecular flexibility index (Phi) is 8.07. The minimum absolute atomic E-state index is 0.430. The van der Waals surface area contributed by atoms with E-state index in [0.29, 0.717) is 6.10 Å². The molecule has 0 fully saturated rings. The van der Waals surface area contributed by atoms with Gasteiger partial charge in [0.1, 0.15) is 0 Å². The van der Waals surface area contributed by atoms with Gasteiger partial charge in [0, 0.05) is 6.10 Å². The van der Waals surface area contributed by atoms with Gasteiger partial charge in [-0.2, -0.15) is 0 Å². The fourth-order valence-electron chi connectivity index (χ4n) is 2.09. The number of hydrogen-bond acceptors (Lipinski definition) is 1. The summed E-state index contributed by atoms with van der Waals surface area (Å²) in [7, 11) is -1.40. The fraction of sp³-hybridized carbons (Fsp3) is 0.846. The first-order valence-corrected chi connectivity index (χ1v) is 8.99. The van der Waals surface area contributed by atoms with Crippen molar-refractivity contribution in [3.63, 3.8) is 0 Å². The van der Waals surface area contributed by atoms with Gasteiger partial charge in [-0.3, -0.25) is 0 Å². The summed E-state index contributed by atoms with van der Waals surface area (Å²) in [6.45, 7) is 12.9. The number of rotatable bonds is 9. The molecule has 0 amide bonds. The van der Waals surface area contributed by atoms with Crippen LogP contribution in [0.25, 0.3) is 0 Å². The average molecular weight is 228 g/mol. The molecule has 2 heteroatoms. The summed E-state index contributed by atoms with van der Waals surface area (Å²) < 4.78 is 6.43. The van der Waals surface area contributed by atoms with Crippen LogP contribution in [-0.2, 0) is 4.43 Å². The summed E-state index contributed by atoms with van der Waals surface area (Å²) in [5.41, 5.74) is 0. The van der Waals surface area contributed by atoms with Crippen molar-refractivity contribution in [3.05, 3.63) is 12.7 Å². The van der Waals surface area contributed by atoms with Crippen LogP contribution in [0.1, 0.15) is 47.0 Å². The van der Waals surface area contributed by atoms with E-state index in [2.05, 4.69) is 34.3 Å². The van der Waals surface area contributed by atoms with Gasteiger partial charge in [-0.05, 0) is 31.0 Å². The summed E-state index contributed by atoms with van der Waals surface area (Å²) in [5.74, 6) is 0. The van der Waals surface area contributed by atoms with Gasteiger partial charge in [0.05, 0.1) is 0 Å². The molecule has 0 aromatic rings. The molecule has 0 aliphatic carbocycles. The Morgan fingerprint density at radius 1 is 1.13 bits per heavy atom. The summed E-state index contributed by atoms with van der Waals surface area (Å²) in [4.78, 5) is 0. The molecule has 0 saturated heterocycles. The highest BCUT2D eigenvalue weighted by atomic mass is 28.4. The predicted molar refractivity (Wildman–Crippen MR) is 71.8 cm³/mol. The van der Waals surface area contributed by atoms with Gasteiger partial charge >= 0.3 is 0 Å². The molecule has 0 rings (SSSR count). The quantitative estimate of drug-likeness (QED) is 0.409. The second-order valence-corrected chi connectivity index (χ2v) is 9.02. The second kappa shape index (κ2) is 8.11. The lowest BCUT2D eigenvalue weighted by Gasteiger charge is -2.33. The van der Waals surface area contributed by atoms with E-state index in [0.717, 1.165) is 6.42 Å². The van der Waals surface area contributed by atoms with Gasteiger partial charge in [-0.1, -0.05) is 40.2 Å². The third-order valence-corrected chi connectivity index (χ3v) is 8.09. The van der Waals surface area contributed by atoms with Crippen LogP contribution >= 0.6 is 0 Å². The van der Waals surface area contributed by atoms with E-state index in [1.807, 2.05) is 6.08 Å². The van der Waals surface area contributed by atoms with Crippen LogP contribution in [-0.4, -0.2) is 14.4 Å². The average Bonchev–Trinajstić information content (AvgIpc) is 2.27. The molecular formula is C13H28OSi. The van der Waals surface area contributed by atoms with Crippen molar-refractivity contribution in [1.29, 1.82) is 0 Å². The molecule has 0 aliphatic heterocycles. The van der Waals surface area contributed by atoms with E-state index >= 15 is 0 Å². The smallest absolute Gasteiger partial charge is 0.192 e. The summed E-state index contributed by atoms with van der Waals surface area (Å²) in [5, 5.41) is 0. The van der Waals surface area contributed by atoms with E-state index in [9.17, 15) is 0 Å². The van der Waals surface area contributed by atoms with Crippen LogP contribution in [0.2, 0.25) is 18.1 Å². The molecule has 15 heavy (non-hydrogen) atoms. The highest BCUT2D eigenvalue weighted by Gasteiger charge is 2.31. The fourth-order valence-corrected chi connectivity index (χ4v) is 5.01. The van der Waals surface area contributed by atoms with Crippen molar-refractivity contribution >= 4 is 8.32 Å². The lowest BCUT2D eigenvalue weighted by molar-refractivity contribution is 0.178. The molecule has 0 bridgehead atoms. The minimum atomic E-state index is -1.40. The lowest BCUT2D eigenvalue weighted by atomic mass is 10.1. The normalized spacial score (nSPS) is 13.9. The van der Waals surface area contributed by atoms with Gasteiger partial charge in [-0.25, -0.2) is 0 Å². The van der Waals surface area contributed by atoms with Crippen LogP contribution in [0.3, 0.4) is 0 Å². The van der Waals surface area contributed by atoms with E-state index in [-0.39, 0.29) is 0 Å². The first-order valence-electron chi connectivity index (χ1n) is 6.46. The highest BCUT2D eigenvalue weighted by Crippen LogP contribution is 2.25. The Bertz CT molecular complexity index is 156. The monoisotopic (exact) mass is 228 g/mol. The third-order valence-electron chi connectivity index (χ3n) is 3.39. The maximum Gasteiger partial charge on any atom is 0.192 e. The largest absolute Gasteiger partial charge is 0.414 e. The zero-order valence-corrected chi connectivity index (χ0v) is 12.0. The van der Waals surface area contributed by atoms with Crippen molar-refractivity contribution in [1.82, 2.24) is 0 Å². The Morgan fingerprint density at radius 3 is 2.00 bits per heavy atom. The molecule has 0 spiro atoms. The molecule has 1 atom stereocenters. The second-order valence-electron chi connectivity index (χ2n) is 4.30. The van der Waals surface area contributed by atoms with Gasteiger partial charge in [-0.15, -0.1) is 6.58 Å². The third kappa shape index (κ3) is 4.98. The molecule has 1 nitrogen and oxygen atoms in total. The zero-order valence-electron chi connectivity index (χ0n) is 11.0. The molecule has 0 unspecified atom stereocenters. The van der Waals surface area contributed by atoms with Gasteiger partial charge in [0.2, 0.25) is 0 Å². The van der Waals surface area contributed by atoms with E-state index in [4.69, 9.17) is 4.43 Å². The maximum atomic E-state index is 6.43. The van der Waals surface area contributed by atoms with Crippen molar-refractivity contribution in [2.24, 2.45) is 0 Å². The van der Waals surface area contributed by atoms with Crippen LogP contribution < -0.4 is 0 Å². The molecule has 0 saturated carbocycles. The van der Waals surface area contributed by atoms with Crippen LogP contribution in [0.15, 0.2) is 12.7 Å². The molecule has 0 heterocycles. The highest BCUT2D eigenvalue weighted by molar-refractivity contribution is 6.73. The topological polar surface area (TPSA) is 9.23 Å². The van der Waals surface area contributed by atoms with Gasteiger partial charge < -0.3 is 4.43 Å². The van der Waals surface area contributed by atoms with E-state index < -0.39 is 8.32 Å². The van der Waals surface area contributed by atoms with Crippen LogP contribution in [0.4, 0.5) is 0 Å². The van der Waals surface area contributed by atoms with Crippen molar-refractivity contribution in [3.8, 4) is 0 Å². The summed E-state index contributed by atoms with van der Waals surface area (Å²) in [6.07, 6.45) is 5.84. The van der Waals surface area contributed by atoms with Gasteiger partial charge in [0.15, 0.2) is 8.32 Å². The van der Waals surface area contributed by atoms with Crippen molar-refractivity contribution in [2.75, 3.05) is 0 Å². The van der Waals surface area contributed by atoms with Crippen LogP contribution in [0, 0.1) is 0 Å². The molecule has 0 N–H and O–H groups in total. The summed E-state index contributed by atoms with van der Waals surface area (Å²) in [6, 6.07) is 3.74. The van der Waals surface area contributed by atoms with Crippen LogP contribution in [0.5, 0.6) is 0 Å². The first kappa shape index (κ1) is 14.9. The minimum Gasteiger partial charge on any atom is -0.414 e. The molecular weight excluding hydrogens is 200 g/mol. The van der Waals surface area contributed by atoms with E-state index in [1.165, 1.54) is 31.0 Å². The van der Waals surface area contributed by atoms with E-state index in [1.54, 1.807) is 0 Å². The molecule has 0 aliphatic rings. The molecule has 0 aromatic heterocycles. The zero-order chi connectivity index (χ0) is 11.7. The predicted octanol–water partition coefficient (Wildman–Crippen LogP) is 4.75. The first-order chi connectivity index (χ1) is 7.17. The maximum absolute atomic E-state index is 6.43. The Balaban J connectivity index is 4.37. The standard InChI is InChI=1S/C13H28OSi/c1-6-11-13(12-7-2)14-15(8-3,9-4)10-5/h6,13H,1,7-12H2,2-5H3/t13-/m1/s1. The number of hydrogen-bond donors (Lipinski definition) is 0.